The van der Waals surface area contributed by atoms with Crippen molar-refractivity contribution in [3.63, 3.8) is 0 Å². The van der Waals surface area contributed by atoms with Crippen LogP contribution in [-0.4, -0.2) is 35.3 Å². The van der Waals surface area contributed by atoms with Gasteiger partial charge in [-0.1, -0.05) is 6.07 Å². The van der Waals surface area contributed by atoms with Gasteiger partial charge < -0.3 is 14.7 Å². The molecule has 6 nitrogen and oxygen atoms in total. The van der Waals surface area contributed by atoms with Crippen molar-refractivity contribution in [3.05, 3.63) is 28.3 Å². The van der Waals surface area contributed by atoms with Crippen LogP contribution in [0.2, 0.25) is 0 Å². The molecule has 0 amide bonds. The SMILES string of the molecule is CC(C)Oc1cccc(N2CCC(O)CC2)c1[N+](=O)[O-]. The molecule has 0 unspecified atom stereocenters. The monoisotopic (exact) mass is 280 g/mol. The lowest BCUT2D eigenvalue weighted by Gasteiger charge is -2.31. The van der Waals surface area contributed by atoms with Crippen molar-refractivity contribution in [2.75, 3.05) is 18.0 Å². The lowest BCUT2D eigenvalue weighted by atomic mass is 10.1. The number of rotatable bonds is 4. The zero-order valence-corrected chi connectivity index (χ0v) is 11.8. The van der Waals surface area contributed by atoms with E-state index in [0.29, 0.717) is 37.4 Å². The van der Waals surface area contributed by atoms with Crippen LogP contribution in [-0.2, 0) is 0 Å². The van der Waals surface area contributed by atoms with Crippen LogP contribution in [0.15, 0.2) is 18.2 Å². The Kier molecular flexibility index (Phi) is 4.44. The van der Waals surface area contributed by atoms with Crippen LogP contribution in [0.4, 0.5) is 11.4 Å². The van der Waals surface area contributed by atoms with Crippen LogP contribution < -0.4 is 9.64 Å². The van der Waals surface area contributed by atoms with Gasteiger partial charge in [-0.25, -0.2) is 0 Å². The van der Waals surface area contributed by atoms with Crippen molar-refractivity contribution < 1.29 is 14.8 Å². The Morgan fingerprint density at radius 1 is 1.40 bits per heavy atom. The van der Waals surface area contributed by atoms with Crippen LogP contribution in [0.5, 0.6) is 5.75 Å². The number of para-hydroxylation sites is 1. The van der Waals surface area contributed by atoms with Crippen molar-refractivity contribution >= 4 is 11.4 Å². The van der Waals surface area contributed by atoms with E-state index in [2.05, 4.69) is 0 Å². The van der Waals surface area contributed by atoms with Crippen LogP contribution >= 0.6 is 0 Å². The topological polar surface area (TPSA) is 75.8 Å². The Morgan fingerprint density at radius 2 is 2.05 bits per heavy atom. The molecule has 1 fully saturated rings. The second kappa shape index (κ2) is 6.09. The fourth-order valence-corrected chi connectivity index (χ4v) is 2.41. The van der Waals surface area contributed by atoms with E-state index in [1.807, 2.05) is 18.7 Å². The van der Waals surface area contributed by atoms with Gasteiger partial charge in [0.15, 0.2) is 5.75 Å². The summed E-state index contributed by atoms with van der Waals surface area (Å²) in [4.78, 5) is 12.9. The number of nitrogens with zero attached hydrogens (tertiary/aromatic N) is 2. The highest BCUT2D eigenvalue weighted by molar-refractivity contribution is 5.70. The van der Waals surface area contributed by atoms with Crippen molar-refractivity contribution in [2.24, 2.45) is 0 Å². The summed E-state index contributed by atoms with van der Waals surface area (Å²) < 4.78 is 5.54. The van der Waals surface area contributed by atoms with Crippen LogP contribution in [0.3, 0.4) is 0 Å². The summed E-state index contributed by atoms with van der Waals surface area (Å²) in [6, 6.07) is 5.13. The number of piperidine rings is 1. The molecule has 1 aromatic carbocycles. The molecule has 110 valence electrons. The van der Waals surface area contributed by atoms with Crippen molar-refractivity contribution in [1.29, 1.82) is 0 Å². The van der Waals surface area contributed by atoms with Gasteiger partial charge in [0.1, 0.15) is 5.69 Å². The van der Waals surface area contributed by atoms with E-state index in [1.165, 1.54) is 0 Å². The Morgan fingerprint density at radius 3 is 2.60 bits per heavy atom. The second-order valence-corrected chi connectivity index (χ2v) is 5.27. The zero-order valence-electron chi connectivity index (χ0n) is 11.8. The smallest absolute Gasteiger partial charge is 0.333 e. The first-order valence-corrected chi connectivity index (χ1v) is 6.86. The average Bonchev–Trinajstić information content (AvgIpc) is 2.38. The number of ether oxygens (including phenoxy) is 1. The van der Waals surface area contributed by atoms with Gasteiger partial charge in [-0.3, -0.25) is 10.1 Å². The standard InChI is InChI=1S/C14H20N2O4/c1-10(2)20-13-5-3-4-12(14(13)16(18)19)15-8-6-11(17)7-9-15/h3-5,10-11,17H,6-9H2,1-2H3. The third-order valence-corrected chi connectivity index (χ3v) is 3.33. The first-order chi connectivity index (χ1) is 9.49. The number of benzene rings is 1. The largest absolute Gasteiger partial charge is 0.484 e. The summed E-state index contributed by atoms with van der Waals surface area (Å²) in [5.41, 5.74) is 0.581. The summed E-state index contributed by atoms with van der Waals surface area (Å²) in [6.07, 6.45) is 0.839. The molecule has 1 heterocycles. The Balaban J connectivity index is 2.34. The molecule has 0 atom stereocenters. The first kappa shape index (κ1) is 14.6. The van der Waals surface area contributed by atoms with Crippen LogP contribution in [0.25, 0.3) is 0 Å². The molecule has 6 heteroatoms. The molecule has 1 saturated heterocycles. The van der Waals surface area contributed by atoms with Gasteiger partial charge >= 0.3 is 5.69 Å². The van der Waals surface area contributed by atoms with Gasteiger partial charge in [0.05, 0.1) is 17.1 Å². The first-order valence-electron chi connectivity index (χ1n) is 6.86. The number of nitro benzene ring substituents is 1. The van der Waals surface area contributed by atoms with E-state index in [4.69, 9.17) is 4.74 Å². The van der Waals surface area contributed by atoms with Gasteiger partial charge in [-0.2, -0.15) is 0 Å². The Labute approximate surface area is 118 Å². The van der Waals surface area contributed by atoms with Gasteiger partial charge in [-0.15, -0.1) is 0 Å². The molecular weight excluding hydrogens is 260 g/mol. The third kappa shape index (κ3) is 3.19. The molecule has 0 bridgehead atoms. The number of hydrogen-bond donors (Lipinski definition) is 1. The second-order valence-electron chi connectivity index (χ2n) is 5.27. The lowest BCUT2D eigenvalue weighted by molar-refractivity contribution is -0.385. The predicted molar refractivity (Wildman–Crippen MR) is 76.3 cm³/mol. The van der Waals surface area contributed by atoms with E-state index < -0.39 is 4.92 Å². The highest BCUT2D eigenvalue weighted by Crippen LogP contribution is 2.38. The number of anilines is 1. The summed E-state index contributed by atoms with van der Waals surface area (Å²) >= 11 is 0. The number of hydrogen-bond acceptors (Lipinski definition) is 5. The number of aliphatic hydroxyl groups is 1. The fourth-order valence-electron chi connectivity index (χ4n) is 2.41. The molecule has 0 saturated carbocycles. The highest BCUT2D eigenvalue weighted by atomic mass is 16.6. The Bertz CT molecular complexity index is 482. The van der Waals surface area contributed by atoms with E-state index in [-0.39, 0.29) is 17.9 Å². The predicted octanol–water partition coefficient (Wildman–Crippen LogP) is 2.34. The minimum absolute atomic E-state index is 0.0117. The number of aliphatic hydroxyl groups excluding tert-OH is 1. The minimum Gasteiger partial charge on any atom is -0.484 e. The average molecular weight is 280 g/mol. The van der Waals surface area contributed by atoms with E-state index in [9.17, 15) is 15.2 Å². The molecule has 0 radical (unpaired) electrons. The van der Waals surface area contributed by atoms with Gasteiger partial charge in [-0.05, 0) is 38.8 Å². The molecule has 1 aliphatic rings. The van der Waals surface area contributed by atoms with Crippen molar-refractivity contribution in [1.82, 2.24) is 0 Å². The summed E-state index contributed by atoms with van der Waals surface area (Å²) in [6.45, 7) is 4.92. The highest BCUT2D eigenvalue weighted by Gasteiger charge is 2.27. The maximum Gasteiger partial charge on any atom is 0.333 e. The van der Waals surface area contributed by atoms with Crippen molar-refractivity contribution in [2.45, 2.75) is 38.9 Å². The molecule has 0 spiro atoms. The van der Waals surface area contributed by atoms with Crippen molar-refractivity contribution in [3.8, 4) is 5.75 Å². The molecule has 1 aromatic rings. The van der Waals surface area contributed by atoms with Gasteiger partial charge in [0.2, 0.25) is 0 Å². The molecule has 1 aliphatic heterocycles. The molecule has 1 N–H and O–H groups in total. The summed E-state index contributed by atoms with van der Waals surface area (Å²) in [7, 11) is 0. The minimum atomic E-state index is -0.391. The summed E-state index contributed by atoms with van der Waals surface area (Å²) in [5, 5.41) is 20.9. The van der Waals surface area contributed by atoms with E-state index in [1.54, 1.807) is 18.2 Å². The lowest BCUT2D eigenvalue weighted by Crippen LogP contribution is -2.36. The van der Waals surface area contributed by atoms with Gasteiger partial charge in [0, 0.05) is 13.1 Å². The zero-order chi connectivity index (χ0) is 14.7. The maximum atomic E-state index is 11.4. The number of nitro groups is 1. The molecule has 0 aliphatic carbocycles. The quantitative estimate of drug-likeness (QED) is 0.676. The Hall–Kier alpha value is -1.82. The maximum absolute atomic E-state index is 11.4. The van der Waals surface area contributed by atoms with Crippen LogP contribution in [0, 0.1) is 10.1 Å². The fraction of sp³-hybridized carbons (Fsp3) is 0.571. The van der Waals surface area contributed by atoms with Gasteiger partial charge in [0.25, 0.3) is 0 Å². The normalized spacial score (nSPS) is 16.5. The summed E-state index contributed by atoms with van der Waals surface area (Å²) in [5.74, 6) is 0.300. The van der Waals surface area contributed by atoms with Crippen LogP contribution in [0.1, 0.15) is 26.7 Å². The third-order valence-electron chi connectivity index (χ3n) is 3.33. The molecule has 0 aromatic heterocycles. The molecular formula is C14H20N2O4. The van der Waals surface area contributed by atoms with E-state index >= 15 is 0 Å². The van der Waals surface area contributed by atoms with E-state index in [0.717, 1.165) is 0 Å². The molecule has 2 rings (SSSR count). The molecule has 20 heavy (non-hydrogen) atoms.